The van der Waals surface area contributed by atoms with Crippen molar-refractivity contribution in [2.45, 2.75) is 64.6 Å². The fourth-order valence-electron chi connectivity index (χ4n) is 4.61. The predicted octanol–water partition coefficient (Wildman–Crippen LogP) is 4.83. The van der Waals surface area contributed by atoms with Crippen LogP contribution in [0.25, 0.3) is 0 Å². The molecule has 0 spiro atoms. The summed E-state index contributed by atoms with van der Waals surface area (Å²) in [5, 5.41) is 3.81. The minimum Gasteiger partial charge on any atom is -0.352 e. The highest BCUT2D eigenvalue weighted by molar-refractivity contribution is 7.92. The summed E-state index contributed by atoms with van der Waals surface area (Å²) in [5.41, 5.74) is 1.07. The van der Waals surface area contributed by atoms with E-state index in [1.54, 1.807) is 37.3 Å². The van der Waals surface area contributed by atoms with Crippen LogP contribution < -0.4 is 9.62 Å². The number of ketones is 1. The van der Waals surface area contributed by atoms with Crippen LogP contribution in [0.15, 0.2) is 42.5 Å². The van der Waals surface area contributed by atoms with Crippen molar-refractivity contribution in [2.24, 2.45) is 0 Å². The first-order valence-corrected chi connectivity index (χ1v) is 15.1. The zero-order valence-corrected chi connectivity index (χ0v) is 24.1. The number of hydrogen-bond acceptors (Lipinski definition) is 5. The topological polar surface area (TPSA) is 104 Å². The number of sulfonamides is 1. The summed E-state index contributed by atoms with van der Waals surface area (Å²) in [4.78, 5) is 40.4. The minimum absolute atomic E-state index is 0.0173. The van der Waals surface area contributed by atoms with Gasteiger partial charge in [0.05, 0.1) is 11.9 Å². The summed E-state index contributed by atoms with van der Waals surface area (Å²) >= 11 is 12.5. The van der Waals surface area contributed by atoms with E-state index in [-0.39, 0.29) is 30.0 Å². The molecule has 0 heterocycles. The fraction of sp³-hybridized carbons (Fsp3) is 0.444. The second kappa shape index (κ2) is 13.0. The van der Waals surface area contributed by atoms with Gasteiger partial charge in [0, 0.05) is 28.2 Å². The van der Waals surface area contributed by atoms with E-state index in [0.717, 1.165) is 36.2 Å². The molecule has 0 aliphatic heterocycles. The lowest BCUT2D eigenvalue weighted by atomic mass is 10.1. The van der Waals surface area contributed by atoms with Gasteiger partial charge in [0.1, 0.15) is 12.6 Å². The molecule has 1 N–H and O–H groups in total. The molecule has 1 atom stereocenters. The number of rotatable bonds is 11. The number of nitrogens with zero attached hydrogens (tertiary/aromatic N) is 2. The summed E-state index contributed by atoms with van der Waals surface area (Å²) in [6.07, 6.45) is 5.14. The first-order valence-electron chi connectivity index (χ1n) is 12.5. The molecule has 1 aliphatic rings. The van der Waals surface area contributed by atoms with E-state index in [4.69, 9.17) is 23.2 Å². The first-order chi connectivity index (χ1) is 17.9. The molecule has 8 nitrogen and oxygen atoms in total. The smallest absolute Gasteiger partial charge is 0.244 e. The van der Waals surface area contributed by atoms with Crippen molar-refractivity contribution in [2.75, 3.05) is 17.1 Å². The fourth-order valence-corrected chi connectivity index (χ4v) is 5.92. The van der Waals surface area contributed by atoms with Crippen LogP contribution in [0.1, 0.15) is 61.9 Å². The molecule has 1 unspecified atom stereocenters. The second-order valence-corrected chi connectivity index (χ2v) is 12.3. The van der Waals surface area contributed by atoms with Crippen molar-refractivity contribution in [3.05, 3.63) is 63.6 Å². The maximum absolute atomic E-state index is 13.8. The molecule has 2 aromatic rings. The zero-order chi connectivity index (χ0) is 28.0. The zero-order valence-electron chi connectivity index (χ0n) is 21.7. The van der Waals surface area contributed by atoms with Crippen LogP contribution >= 0.6 is 23.2 Å². The van der Waals surface area contributed by atoms with E-state index in [1.807, 2.05) is 0 Å². The van der Waals surface area contributed by atoms with Gasteiger partial charge in [0.15, 0.2) is 5.78 Å². The van der Waals surface area contributed by atoms with Crippen molar-refractivity contribution >= 4 is 56.5 Å². The third-order valence-electron chi connectivity index (χ3n) is 6.66. The van der Waals surface area contributed by atoms with Gasteiger partial charge >= 0.3 is 0 Å². The number of halogens is 2. The standard InChI is InChI=1S/C27H33Cl2N3O5S/c1-4-25(27(35)30-22-9-5-6-10-22)31(16-20-12-13-21(28)15-24(20)29)26(34)17-32(38(3,36)37)23-11-7-8-19(14-23)18(2)33/h7-8,11-15,22,25H,4-6,9-10,16-17H2,1-3H3,(H,30,35). The van der Waals surface area contributed by atoms with Gasteiger partial charge in [-0.25, -0.2) is 8.42 Å². The maximum atomic E-state index is 13.8. The summed E-state index contributed by atoms with van der Waals surface area (Å²) in [7, 11) is -3.92. The molecule has 0 bridgehead atoms. The number of amides is 2. The Bertz CT molecular complexity index is 1300. The monoisotopic (exact) mass is 581 g/mol. The van der Waals surface area contributed by atoms with Crippen LogP contribution in [0, 0.1) is 0 Å². The largest absolute Gasteiger partial charge is 0.352 e. The van der Waals surface area contributed by atoms with E-state index in [1.165, 1.54) is 24.0 Å². The maximum Gasteiger partial charge on any atom is 0.244 e. The number of hydrogen-bond donors (Lipinski definition) is 1. The van der Waals surface area contributed by atoms with Crippen molar-refractivity contribution < 1.29 is 22.8 Å². The van der Waals surface area contributed by atoms with Gasteiger partial charge in [0.25, 0.3) is 0 Å². The Hall–Kier alpha value is -2.62. The summed E-state index contributed by atoms with van der Waals surface area (Å²) in [6, 6.07) is 10.2. The number of carbonyl (C=O) groups is 3. The molecule has 206 valence electrons. The Morgan fingerprint density at radius 3 is 2.34 bits per heavy atom. The van der Waals surface area contributed by atoms with Crippen molar-refractivity contribution in [1.29, 1.82) is 0 Å². The van der Waals surface area contributed by atoms with Crippen LogP contribution in [0.3, 0.4) is 0 Å². The van der Waals surface area contributed by atoms with Crippen LogP contribution in [-0.2, 0) is 26.2 Å². The molecule has 11 heteroatoms. The number of anilines is 1. The normalized spacial score (nSPS) is 14.7. The summed E-state index contributed by atoms with van der Waals surface area (Å²) in [5.74, 6) is -1.11. The highest BCUT2D eigenvalue weighted by Gasteiger charge is 2.33. The van der Waals surface area contributed by atoms with Crippen molar-refractivity contribution in [1.82, 2.24) is 10.2 Å². The molecular formula is C27H33Cl2N3O5S. The third-order valence-corrected chi connectivity index (χ3v) is 8.39. The quantitative estimate of drug-likeness (QED) is 0.383. The molecule has 1 fully saturated rings. The number of carbonyl (C=O) groups excluding carboxylic acids is 3. The Balaban J connectivity index is 1.97. The average Bonchev–Trinajstić information content (AvgIpc) is 3.36. The highest BCUT2D eigenvalue weighted by Crippen LogP contribution is 2.26. The van der Waals surface area contributed by atoms with Gasteiger partial charge in [-0.2, -0.15) is 0 Å². The molecule has 3 rings (SSSR count). The SMILES string of the molecule is CCC(C(=O)NC1CCCC1)N(Cc1ccc(Cl)cc1Cl)C(=O)CN(c1cccc(C(C)=O)c1)S(C)(=O)=O. The Morgan fingerprint density at radius 1 is 1.08 bits per heavy atom. The van der Waals surface area contributed by atoms with Crippen LogP contribution in [0.4, 0.5) is 5.69 Å². The van der Waals surface area contributed by atoms with E-state index in [0.29, 0.717) is 27.6 Å². The Kier molecular flexibility index (Phi) is 10.2. The second-order valence-electron chi connectivity index (χ2n) is 9.55. The lowest BCUT2D eigenvalue weighted by Gasteiger charge is -2.33. The van der Waals surface area contributed by atoms with Gasteiger partial charge < -0.3 is 10.2 Å². The molecule has 2 amide bonds. The molecular weight excluding hydrogens is 549 g/mol. The van der Waals surface area contributed by atoms with Gasteiger partial charge in [-0.15, -0.1) is 0 Å². The summed E-state index contributed by atoms with van der Waals surface area (Å²) < 4.78 is 26.5. The number of nitrogens with one attached hydrogen (secondary N) is 1. The van der Waals surface area contributed by atoms with E-state index >= 15 is 0 Å². The number of Topliss-reactive ketones (excluding diaryl/α,β-unsaturated/α-hetero) is 1. The molecule has 0 aromatic heterocycles. The van der Waals surface area contributed by atoms with Crippen molar-refractivity contribution in [3.8, 4) is 0 Å². The molecule has 1 aliphatic carbocycles. The number of benzene rings is 2. The molecule has 0 radical (unpaired) electrons. The van der Waals surface area contributed by atoms with E-state index < -0.39 is 28.5 Å². The molecule has 0 saturated heterocycles. The van der Waals surface area contributed by atoms with Crippen LogP contribution in [0.5, 0.6) is 0 Å². The van der Waals surface area contributed by atoms with Gasteiger partial charge in [-0.1, -0.05) is 61.2 Å². The molecule has 2 aromatic carbocycles. The Labute approximate surface area is 234 Å². The van der Waals surface area contributed by atoms with Gasteiger partial charge in [0.2, 0.25) is 21.8 Å². The highest BCUT2D eigenvalue weighted by atomic mass is 35.5. The molecule has 1 saturated carbocycles. The average molecular weight is 583 g/mol. The summed E-state index contributed by atoms with van der Waals surface area (Å²) in [6.45, 7) is 2.60. The van der Waals surface area contributed by atoms with E-state index in [2.05, 4.69) is 5.32 Å². The Morgan fingerprint density at radius 2 is 1.76 bits per heavy atom. The predicted molar refractivity (Wildman–Crippen MR) is 150 cm³/mol. The van der Waals surface area contributed by atoms with Gasteiger partial charge in [-0.3, -0.25) is 18.7 Å². The minimum atomic E-state index is -3.92. The third kappa shape index (κ3) is 7.71. The molecule has 38 heavy (non-hydrogen) atoms. The van der Waals surface area contributed by atoms with E-state index in [9.17, 15) is 22.8 Å². The van der Waals surface area contributed by atoms with Crippen LogP contribution in [-0.4, -0.2) is 55.8 Å². The van der Waals surface area contributed by atoms with Gasteiger partial charge in [-0.05, 0) is 56.0 Å². The lowest BCUT2D eigenvalue weighted by Crippen LogP contribution is -2.53. The first kappa shape index (κ1) is 29.9. The lowest BCUT2D eigenvalue weighted by molar-refractivity contribution is -0.140. The van der Waals surface area contributed by atoms with Crippen molar-refractivity contribution in [3.63, 3.8) is 0 Å². The van der Waals surface area contributed by atoms with Crippen LogP contribution in [0.2, 0.25) is 10.0 Å².